The first-order valence-electron chi connectivity index (χ1n) is 8.72. The number of hydrogen-bond acceptors (Lipinski definition) is 3. The summed E-state index contributed by atoms with van der Waals surface area (Å²) in [5.41, 5.74) is 7.15. The fourth-order valence-electron chi connectivity index (χ4n) is 3.24. The van der Waals surface area contributed by atoms with E-state index < -0.39 is 19.8 Å². The van der Waals surface area contributed by atoms with Gasteiger partial charge in [-0.25, -0.2) is 0 Å². The van der Waals surface area contributed by atoms with E-state index in [1.165, 1.54) is 6.92 Å². The molecule has 0 spiro atoms. The summed E-state index contributed by atoms with van der Waals surface area (Å²) >= 11 is 0. The third-order valence-corrected chi connectivity index (χ3v) is 9.70. The van der Waals surface area contributed by atoms with Crippen molar-refractivity contribution in [3.63, 3.8) is 0 Å². The van der Waals surface area contributed by atoms with Gasteiger partial charge >= 0.3 is 5.97 Å². The van der Waals surface area contributed by atoms with Crippen molar-refractivity contribution in [2.45, 2.75) is 38.3 Å². The predicted octanol–water partition coefficient (Wildman–Crippen LogP) is 3.72. The van der Waals surface area contributed by atoms with Crippen LogP contribution < -0.4 is 10.4 Å². The van der Waals surface area contributed by atoms with Crippen LogP contribution in [0, 0.1) is 0 Å². The molecule has 0 heterocycles. The minimum Gasteiger partial charge on any atom is -0.481 e. The van der Waals surface area contributed by atoms with E-state index in [9.17, 15) is 9.90 Å². The van der Waals surface area contributed by atoms with Crippen molar-refractivity contribution in [1.29, 1.82) is 0 Å². The van der Waals surface area contributed by atoms with Crippen LogP contribution in [0.3, 0.4) is 0 Å². The minimum absolute atomic E-state index is 0.209. The molecule has 0 amide bonds. The molecule has 0 saturated carbocycles. The third kappa shape index (κ3) is 4.05. The molecule has 1 unspecified atom stereocenters. The highest BCUT2D eigenvalue weighted by atomic mass is 28.4. The van der Waals surface area contributed by atoms with Crippen LogP contribution in [0.15, 0.2) is 65.8 Å². The van der Waals surface area contributed by atoms with Crippen LogP contribution in [0.1, 0.15) is 27.7 Å². The molecule has 0 aromatic heterocycles. The van der Waals surface area contributed by atoms with E-state index in [0.29, 0.717) is 0 Å². The number of aliphatic carboxylic acids is 1. The van der Waals surface area contributed by atoms with Gasteiger partial charge in [-0.2, -0.15) is 0 Å². The molecular weight excluding hydrogens is 358 g/mol. The van der Waals surface area contributed by atoms with Gasteiger partial charge in [0.05, 0.1) is 6.61 Å². The van der Waals surface area contributed by atoms with Gasteiger partial charge in [0.1, 0.15) is 0 Å². The molecule has 0 aliphatic carbocycles. The molecule has 0 radical (unpaired) electrons. The Labute approximate surface area is 160 Å². The van der Waals surface area contributed by atoms with E-state index in [-0.39, 0.29) is 11.6 Å². The van der Waals surface area contributed by atoms with Gasteiger partial charge < -0.3 is 9.53 Å². The average molecular weight is 384 g/mol. The molecule has 2 aromatic rings. The van der Waals surface area contributed by atoms with Gasteiger partial charge in [-0.1, -0.05) is 86.5 Å². The lowest BCUT2D eigenvalue weighted by Crippen LogP contribution is -2.67. The molecule has 0 bridgehead atoms. The standard InChI is InChI=1S/C20H25N3O3Si/c1-19(2,3)27(16-11-7-5-8-12-16,17-13-9-6-10-14-17)26-15-20(4,18(24)25)22-23-21/h5-14H,15H2,1-4H3,(H,24,25). The lowest BCUT2D eigenvalue weighted by Gasteiger charge is -2.44. The summed E-state index contributed by atoms with van der Waals surface area (Å²) in [6.45, 7) is 7.48. The zero-order chi connectivity index (χ0) is 20.1. The highest BCUT2D eigenvalue weighted by molar-refractivity contribution is 6.99. The monoisotopic (exact) mass is 383 g/mol. The minimum atomic E-state index is -2.88. The van der Waals surface area contributed by atoms with Crippen molar-refractivity contribution in [2.75, 3.05) is 6.61 Å². The molecule has 0 fully saturated rings. The van der Waals surface area contributed by atoms with Crippen LogP contribution in [0.25, 0.3) is 10.4 Å². The molecule has 7 heteroatoms. The molecule has 1 N–H and O–H groups in total. The van der Waals surface area contributed by atoms with Crippen LogP contribution in [0.5, 0.6) is 0 Å². The first kappa shape index (κ1) is 20.7. The van der Waals surface area contributed by atoms with Gasteiger partial charge in [-0.15, -0.1) is 0 Å². The third-order valence-electron chi connectivity index (χ3n) is 4.71. The number of azide groups is 1. The summed E-state index contributed by atoms with van der Waals surface area (Å²) < 4.78 is 6.54. The zero-order valence-electron chi connectivity index (χ0n) is 16.1. The van der Waals surface area contributed by atoms with Crippen LogP contribution in [0.4, 0.5) is 0 Å². The smallest absolute Gasteiger partial charge is 0.317 e. The van der Waals surface area contributed by atoms with E-state index in [1.807, 2.05) is 60.7 Å². The Bertz CT molecular complexity index is 787. The predicted molar refractivity (Wildman–Crippen MR) is 109 cm³/mol. The van der Waals surface area contributed by atoms with Crippen LogP contribution in [-0.4, -0.2) is 31.5 Å². The highest BCUT2D eigenvalue weighted by Gasteiger charge is 2.51. The molecule has 0 saturated heterocycles. The Kier molecular flexibility index (Phi) is 6.10. The second kappa shape index (κ2) is 7.96. The summed E-state index contributed by atoms with van der Waals surface area (Å²) in [7, 11) is -2.88. The number of carboxylic acids is 1. The second-order valence-electron chi connectivity index (χ2n) is 7.72. The number of rotatable bonds is 7. The van der Waals surface area contributed by atoms with Gasteiger partial charge in [0, 0.05) is 4.91 Å². The van der Waals surface area contributed by atoms with E-state index >= 15 is 0 Å². The molecule has 27 heavy (non-hydrogen) atoms. The normalized spacial score (nSPS) is 14.1. The average Bonchev–Trinajstić information content (AvgIpc) is 2.63. The number of hydrogen-bond donors (Lipinski definition) is 1. The fraction of sp³-hybridized carbons (Fsp3) is 0.350. The molecule has 2 rings (SSSR count). The van der Waals surface area contributed by atoms with Gasteiger partial charge in [0.15, 0.2) is 5.54 Å². The van der Waals surface area contributed by atoms with Gasteiger partial charge in [-0.05, 0) is 27.9 Å². The van der Waals surface area contributed by atoms with Crippen molar-refractivity contribution >= 4 is 24.7 Å². The summed E-state index contributed by atoms with van der Waals surface area (Å²) in [5.74, 6) is -1.21. The molecule has 2 aromatic carbocycles. The quantitative estimate of drug-likeness (QED) is 0.342. The van der Waals surface area contributed by atoms with Crippen LogP contribution >= 0.6 is 0 Å². The van der Waals surface area contributed by atoms with Crippen molar-refractivity contribution in [3.05, 3.63) is 71.1 Å². The first-order chi connectivity index (χ1) is 12.7. The van der Waals surface area contributed by atoms with Crippen molar-refractivity contribution in [2.24, 2.45) is 5.11 Å². The van der Waals surface area contributed by atoms with E-state index in [4.69, 9.17) is 9.96 Å². The molecule has 142 valence electrons. The Morgan fingerprint density at radius 3 is 1.81 bits per heavy atom. The lowest BCUT2D eigenvalue weighted by atomic mass is 10.1. The first-order valence-corrected chi connectivity index (χ1v) is 10.6. The largest absolute Gasteiger partial charge is 0.481 e. The van der Waals surface area contributed by atoms with Crippen molar-refractivity contribution in [1.82, 2.24) is 0 Å². The summed E-state index contributed by atoms with van der Waals surface area (Å²) in [6.07, 6.45) is 0. The lowest BCUT2D eigenvalue weighted by molar-refractivity contribution is -0.143. The summed E-state index contributed by atoms with van der Waals surface area (Å²) in [5, 5.41) is 14.9. The number of carbonyl (C=O) groups is 1. The number of nitrogens with zero attached hydrogens (tertiary/aromatic N) is 3. The van der Waals surface area contributed by atoms with Crippen LogP contribution in [-0.2, 0) is 9.22 Å². The maximum absolute atomic E-state index is 11.7. The summed E-state index contributed by atoms with van der Waals surface area (Å²) in [6, 6.07) is 19.8. The molecule has 6 nitrogen and oxygen atoms in total. The fourth-order valence-corrected chi connectivity index (χ4v) is 7.90. The Morgan fingerprint density at radius 2 is 1.48 bits per heavy atom. The van der Waals surface area contributed by atoms with Crippen LogP contribution in [0.2, 0.25) is 5.04 Å². The molecular formula is C20H25N3O3Si. The Hall–Kier alpha value is -2.60. The van der Waals surface area contributed by atoms with Gasteiger partial charge in [-0.3, -0.25) is 4.79 Å². The molecule has 0 aliphatic heterocycles. The Balaban J connectivity index is 2.66. The Morgan fingerprint density at radius 1 is 1.04 bits per heavy atom. The maximum atomic E-state index is 11.7. The zero-order valence-corrected chi connectivity index (χ0v) is 17.1. The number of carboxylic acid groups (broad SMARTS) is 1. The topological polar surface area (TPSA) is 95.3 Å². The SMILES string of the molecule is CC(CO[Si](c1ccccc1)(c1ccccc1)C(C)(C)C)(N=[N+]=[N-])C(=O)O. The highest BCUT2D eigenvalue weighted by Crippen LogP contribution is 2.37. The summed E-state index contributed by atoms with van der Waals surface area (Å²) in [4.78, 5) is 14.4. The van der Waals surface area contributed by atoms with Crippen molar-refractivity contribution in [3.8, 4) is 0 Å². The van der Waals surface area contributed by atoms with Gasteiger partial charge in [0.25, 0.3) is 8.32 Å². The van der Waals surface area contributed by atoms with Crippen molar-refractivity contribution < 1.29 is 14.3 Å². The van der Waals surface area contributed by atoms with Gasteiger partial charge in [0.2, 0.25) is 0 Å². The second-order valence-corrected chi connectivity index (χ2v) is 12.0. The molecule has 0 aliphatic rings. The van der Waals surface area contributed by atoms with E-state index in [0.717, 1.165) is 10.4 Å². The molecule has 1 atom stereocenters. The van der Waals surface area contributed by atoms with E-state index in [1.54, 1.807) is 0 Å². The number of benzene rings is 2. The maximum Gasteiger partial charge on any atom is 0.317 e. The van der Waals surface area contributed by atoms with E-state index in [2.05, 4.69) is 30.8 Å².